The zero-order chi connectivity index (χ0) is 18.0. The van der Waals surface area contributed by atoms with E-state index in [-0.39, 0.29) is 35.7 Å². The Labute approximate surface area is 146 Å². The number of ether oxygens (including phenoxy) is 1. The van der Waals surface area contributed by atoms with Gasteiger partial charge in [0.05, 0.1) is 29.5 Å². The number of H-pyrrole nitrogens is 1. The van der Waals surface area contributed by atoms with Gasteiger partial charge in [-0.05, 0) is 11.6 Å². The van der Waals surface area contributed by atoms with Gasteiger partial charge in [-0.15, -0.1) is 0 Å². The highest BCUT2D eigenvalue weighted by atomic mass is 35.5. The Morgan fingerprint density at radius 2 is 2.24 bits per heavy atom. The number of hydrogen-bond acceptors (Lipinski definition) is 3. The number of aromatic amines is 1. The van der Waals surface area contributed by atoms with Crippen molar-refractivity contribution in [3.63, 3.8) is 0 Å². The van der Waals surface area contributed by atoms with Crippen molar-refractivity contribution in [2.75, 3.05) is 19.7 Å². The Hall–Kier alpha value is -2.06. The molecule has 0 spiro atoms. The van der Waals surface area contributed by atoms with Crippen LogP contribution in [0.5, 0.6) is 0 Å². The monoisotopic (exact) mass is 373 g/mol. The average Bonchev–Trinajstić information content (AvgIpc) is 3.00. The van der Waals surface area contributed by atoms with Crippen LogP contribution in [0.4, 0.5) is 13.2 Å². The van der Waals surface area contributed by atoms with Gasteiger partial charge in [0.25, 0.3) is 5.91 Å². The minimum Gasteiger partial charge on any atom is -0.374 e. The van der Waals surface area contributed by atoms with Crippen LogP contribution < -0.4 is 0 Å². The molecular weight excluding hydrogens is 359 g/mol. The molecule has 1 saturated heterocycles. The number of hydrogen-bond donors (Lipinski definition) is 1. The highest BCUT2D eigenvalue weighted by Crippen LogP contribution is 2.30. The third-order valence-electron chi connectivity index (χ3n) is 3.95. The number of carbonyl (C=O) groups is 1. The highest BCUT2D eigenvalue weighted by Gasteiger charge is 2.31. The molecule has 5 nitrogen and oxygen atoms in total. The van der Waals surface area contributed by atoms with Crippen molar-refractivity contribution in [2.24, 2.45) is 0 Å². The van der Waals surface area contributed by atoms with Gasteiger partial charge in [0.1, 0.15) is 5.69 Å². The molecule has 0 bridgehead atoms. The Bertz CT molecular complexity index is 763. The molecule has 0 unspecified atom stereocenters. The maximum Gasteiger partial charge on any atom is 0.416 e. The summed E-state index contributed by atoms with van der Waals surface area (Å²) in [5.74, 6) is -0.306. The van der Waals surface area contributed by atoms with Gasteiger partial charge in [-0.25, -0.2) is 0 Å². The fourth-order valence-electron chi connectivity index (χ4n) is 2.74. The van der Waals surface area contributed by atoms with Crippen LogP contribution in [0.3, 0.4) is 0 Å². The SMILES string of the molecule is O=C(c1[nH]ncc1Cl)N1CCO[C@@H](Cc2cccc(C(F)(F)F)c2)C1. The standard InChI is InChI=1S/C16H15ClF3N3O2/c17-13-8-21-22-14(13)15(24)23-4-5-25-12(9-23)7-10-2-1-3-11(6-10)16(18,19)20/h1-3,6,8,12H,4-5,7,9H2,(H,21,22)/t12-/m0/s1. The molecule has 1 aliphatic heterocycles. The lowest BCUT2D eigenvalue weighted by Gasteiger charge is -2.33. The first kappa shape index (κ1) is 17.8. The lowest BCUT2D eigenvalue weighted by atomic mass is 10.0. The molecule has 1 aromatic heterocycles. The summed E-state index contributed by atoms with van der Waals surface area (Å²) in [5, 5.41) is 6.49. The van der Waals surface area contributed by atoms with Crippen LogP contribution >= 0.6 is 11.6 Å². The van der Waals surface area contributed by atoms with Crippen LogP contribution in [0.25, 0.3) is 0 Å². The molecule has 2 heterocycles. The predicted octanol–water partition coefficient (Wildman–Crippen LogP) is 3.17. The third kappa shape index (κ3) is 4.13. The van der Waals surface area contributed by atoms with E-state index in [2.05, 4.69) is 10.2 Å². The van der Waals surface area contributed by atoms with E-state index in [1.165, 1.54) is 12.3 Å². The predicted molar refractivity (Wildman–Crippen MR) is 84.4 cm³/mol. The lowest BCUT2D eigenvalue weighted by Crippen LogP contribution is -2.46. The number of amides is 1. The number of aromatic nitrogens is 2. The smallest absolute Gasteiger partial charge is 0.374 e. The Morgan fingerprint density at radius 1 is 1.44 bits per heavy atom. The van der Waals surface area contributed by atoms with E-state index in [0.717, 1.165) is 12.1 Å². The molecule has 1 aromatic carbocycles. The van der Waals surface area contributed by atoms with E-state index in [1.54, 1.807) is 11.0 Å². The average molecular weight is 374 g/mol. The molecule has 0 saturated carbocycles. The minimum atomic E-state index is -4.39. The Balaban J connectivity index is 1.68. The second-order valence-electron chi connectivity index (χ2n) is 5.74. The molecular formula is C16H15ClF3N3O2. The van der Waals surface area contributed by atoms with Gasteiger partial charge in [-0.1, -0.05) is 29.8 Å². The molecule has 1 fully saturated rings. The van der Waals surface area contributed by atoms with E-state index in [9.17, 15) is 18.0 Å². The van der Waals surface area contributed by atoms with Gasteiger partial charge in [-0.2, -0.15) is 18.3 Å². The van der Waals surface area contributed by atoms with Crippen molar-refractivity contribution in [3.05, 3.63) is 52.3 Å². The number of halogens is 4. The van der Waals surface area contributed by atoms with E-state index in [4.69, 9.17) is 16.3 Å². The molecule has 3 rings (SSSR count). The van der Waals surface area contributed by atoms with Gasteiger partial charge in [0.2, 0.25) is 0 Å². The topological polar surface area (TPSA) is 58.2 Å². The molecule has 0 radical (unpaired) electrons. The summed E-state index contributed by atoms with van der Waals surface area (Å²) in [6.45, 7) is 0.957. The molecule has 1 atom stereocenters. The molecule has 9 heteroatoms. The number of alkyl halides is 3. The van der Waals surface area contributed by atoms with E-state index in [1.807, 2.05) is 0 Å². The number of rotatable bonds is 3. The van der Waals surface area contributed by atoms with Crippen molar-refractivity contribution >= 4 is 17.5 Å². The first-order valence-electron chi connectivity index (χ1n) is 7.60. The van der Waals surface area contributed by atoms with Crippen LogP contribution in [0.1, 0.15) is 21.6 Å². The molecule has 2 aromatic rings. The summed E-state index contributed by atoms with van der Waals surface area (Å²) in [6, 6.07) is 5.12. The van der Waals surface area contributed by atoms with Crippen LogP contribution in [-0.4, -0.2) is 46.8 Å². The second kappa shape index (κ2) is 7.05. The second-order valence-corrected chi connectivity index (χ2v) is 6.15. The van der Waals surface area contributed by atoms with Crippen molar-refractivity contribution in [1.29, 1.82) is 0 Å². The lowest BCUT2D eigenvalue weighted by molar-refractivity contribution is -0.137. The molecule has 1 aliphatic rings. The van der Waals surface area contributed by atoms with Crippen LogP contribution in [0.2, 0.25) is 5.02 Å². The Morgan fingerprint density at radius 3 is 2.92 bits per heavy atom. The number of nitrogens with one attached hydrogen (secondary N) is 1. The van der Waals surface area contributed by atoms with Crippen molar-refractivity contribution in [1.82, 2.24) is 15.1 Å². The highest BCUT2D eigenvalue weighted by molar-refractivity contribution is 6.33. The van der Waals surface area contributed by atoms with Crippen LogP contribution in [0.15, 0.2) is 30.5 Å². The van der Waals surface area contributed by atoms with Crippen molar-refractivity contribution in [3.8, 4) is 0 Å². The first-order valence-corrected chi connectivity index (χ1v) is 7.98. The van der Waals surface area contributed by atoms with Crippen molar-refractivity contribution < 1.29 is 22.7 Å². The van der Waals surface area contributed by atoms with Gasteiger partial charge in [-0.3, -0.25) is 9.89 Å². The zero-order valence-electron chi connectivity index (χ0n) is 13.0. The van der Waals surface area contributed by atoms with Crippen LogP contribution in [-0.2, 0) is 17.3 Å². The summed E-state index contributed by atoms with van der Waals surface area (Å²) >= 11 is 5.90. The van der Waals surface area contributed by atoms with Gasteiger partial charge in [0.15, 0.2) is 0 Å². The van der Waals surface area contributed by atoms with E-state index >= 15 is 0 Å². The third-order valence-corrected chi connectivity index (χ3v) is 4.24. The summed E-state index contributed by atoms with van der Waals surface area (Å²) < 4.78 is 44.0. The summed E-state index contributed by atoms with van der Waals surface area (Å²) in [4.78, 5) is 14.0. The number of benzene rings is 1. The van der Waals surface area contributed by atoms with Gasteiger partial charge in [0, 0.05) is 19.5 Å². The number of carbonyl (C=O) groups excluding carboxylic acids is 1. The maximum atomic E-state index is 12.8. The van der Waals surface area contributed by atoms with Gasteiger partial charge < -0.3 is 9.64 Å². The molecule has 25 heavy (non-hydrogen) atoms. The number of morpholine rings is 1. The Kier molecular flexibility index (Phi) is 5.01. The molecule has 1 amide bonds. The van der Waals surface area contributed by atoms with Gasteiger partial charge >= 0.3 is 6.18 Å². The zero-order valence-corrected chi connectivity index (χ0v) is 13.8. The molecule has 134 valence electrons. The first-order chi connectivity index (χ1) is 11.8. The quantitative estimate of drug-likeness (QED) is 0.899. The summed E-state index contributed by atoms with van der Waals surface area (Å²) in [5.41, 5.74) is 0.00747. The number of nitrogens with zero attached hydrogens (tertiary/aromatic N) is 2. The normalized spacial score (nSPS) is 18.4. The maximum absolute atomic E-state index is 12.8. The van der Waals surface area contributed by atoms with E-state index < -0.39 is 11.7 Å². The van der Waals surface area contributed by atoms with E-state index in [0.29, 0.717) is 18.7 Å². The fourth-order valence-corrected chi connectivity index (χ4v) is 2.92. The largest absolute Gasteiger partial charge is 0.416 e. The molecule has 1 N–H and O–H groups in total. The molecule has 0 aliphatic carbocycles. The summed E-state index contributed by atoms with van der Waals surface area (Å²) in [7, 11) is 0. The minimum absolute atomic E-state index is 0.196. The summed E-state index contributed by atoms with van der Waals surface area (Å²) in [6.07, 6.45) is -3.15. The van der Waals surface area contributed by atoms with Crippen molar-refractivity contribution in [2.45, 2.75) is 18.7 Å². The fraction of sp³-hybridized carbons (Fsp3) is 0.375. The van der Waals surface area contributed by atoms with Crippen LogP contribution in [0, 0.1) is 0 Å².